The molecule has 1 aromatic carbocycles. The van der Waals surface area contributed by atoms with Crippen LogP contribution in [0.2, 0.25) is 5.02 Å². The Morgan fingerprint density at radius 3 is 2.71 bits per heavy atom. The van der Waals surface area contributed by atoms with Gasteiger partial charge in [-0.3, -0.25) is 10.2 Å². The topological polar surface area (TPSA) is 72.8 Å². The average Bonchev–Trinajstić information content (AvgIpc) is 2.53. The molecule has 0 saturated carbocycles. The van der Waals surface area contributed by atoms with Gasteiger partial charge in [0.1, 0.15) is 5.84 Å². The van der Waals surface area contributed by atoms with Crippen molar-refractivity contribution in [2.75, 3.05) is 13.1 Å². The third-order valence-corrected chi connectivity index (χ3v) is 4.91. The van der Waals surface area contributed by atoms with Crippen molar-refractivity contribution in [3.8, 4) is 0 Å². The molecule has 128 valence electrons. The maximum atomic E-state index is 11.6. The summed E-state index contributed by atoms with van der Waals surface area (Å²) in [5.74, 6) is 0.995. The molecule has 0 amide bonds. The second-order valence-electron chi connectivity index (χ2n) is 5.27. The van der Waals surface area contributed by atoms with Gasteiger partial charge in [0, 0.05) is 41.2 Å². The molecule has 24 heavy (non-hydrogen) atoms. The largest absolute Gasteiger partial charge is 0.357 e. The molecular formula is C17H21ClN4OS. The minimum atomic E-state index is -0.166. The molecule has 7 heteroatoms. The van der Waals surface area contributed by atoms with Crippen molar-refractivity contribution in [2.24, 2.45) is 0 Å². The van der Waals surface area contributed by atoms with E-state index in [-0.39, 0.29) is 5.56 Å². The lowest BCUT2D eigenvalue weighted by atomic mass is 10.1. The molecule has 0 aliphatic rings. The highest BCUT2D eigenvalue weighted by Gasteiger charge is 2.16. The molecule has 2 N–H and O–H groups in total. The van der Waals surface area contributed by atoms with Crippen molar-refractivity contribution in [1.82, 2.24) is 14.9 Å². The van der Waals surface area contributed by atoms with Crippen LogP contribution in [0.4, 0.5) is 0 Å². The molecule has 0 bridgehead atoms. The first-order valence-corrected chi connectivity index (χ1v) is 9.14. The number of nitrogens with one attached hydrogen (secondary N) is 2. The summed E-state index contributed by atoms with van der Waals surface area (Å²) in [4.78, 5) is 20.6. The lowest BCUT2D eigenvalue weighted by molar-refractivity contribution is 0.463. The van der Waals surface area contributed by atoms with Gasteiger partial charge in [0.25, 0.3) is 5.56 Å². The van der Waals surface area contributed by atoms with Crippen molar-refractivity contribution in [3.05, 3.63) is 56.5 Å². The number of hydrogen-bond donors (Lipinski definition) is 2. The number of hydrogen-bond acceptors (Lipinski definition) is 4. The Hall–Kier alpha value is -1.79. The second-order valence-corrected chi connectivity index (χ2v) is 6.64. The highest BCUT2D eigenvalue weighted by molar-refractivity contribution is 7.98. The van der Waals surface area contributed by atoms with Gasteiger partial charge in [-0.1, -0.05) is 35.5 Å². The number of rotatable bonds is 6. The SMILES string of the molecule is CCN(CC)C(=N)c1cccc(Cl)c1CSc1nc(C)cc(=O)[nH]1. The van der Waals surface area contributed by atoms with E-state index in [0.717, 1.165) is 24.2 Å². The number of amidine groups is 1. The fraction of sp³-hybridized carbons (Fsp3) is 0.353. The van der Waals surface area contributed by atoms with E-state index in [1.807, 2.05) is 36.9 Å². The van der Waals surface area contributed by atoms with E-state index in [2.05, 4.69) is 9.97 Å². The van der Waals surface area contributed by atoms with E-state index in [4.69, 9.17) is 17.0 Å². The lowest BCUT2D eigenvalue weighted by Crippen LogP contribution is -2.31. The van der Waals surface area contributed by atoms with E-state index < -0.39 is 0 Å². The smallest absolute Gasteiger partial charge is 0.251 e. The number of nitrogens with zero attached hydrogens (tertiary/aromatic N) is 2. The Bertz CT molecular complexity index is 786. The summed E-state index contributed by atoms with van der Waals surface area (Å²) in [6.07, 6.45) is 0. The highest BCUT2D eigenvalue weighted by Crippen LogP contribution is 2.28. The van der Waals surface area contributed by atoms with Crippen LogP contribution < -0.4 is 5.56 Å². The van der Waals surface area contributed by atoms with Gasteiger partial charge in [0.2, 0.25) is 0 Å². The lowest BCUT2D eigenvalue weighted by Gasteiger charge is -2.23. The van der Waals surface area contributed by atoms with Gasteiger partial charge in [-0.25, -0.2) is 4.98 Å². The third-order valence-electron chi connectivity index (χ3n) is 3.65. The quantitative estimate of drug-likeness (QED) is 0.355. The van der Waals surface area contributed by atoms with Crippen LogP contribution in [0, 0.1) is 12.3 Å². The number of halogens is 1. The van der Waals surface area contributed by atoms with Gasteiger partial charge in [0.05, 0.1) is 0 Å². The molecule has 0 saturated heterocycles. The van der Waals surface area contributed by atoms with Crippen molar-refractivity contribution < 1.29 is 0 Å². The first kappa shape index (κ1) is 18.5. The van der Waals surface area contributed by atoms with Gasteiger partial charge in [-0.05, 0) is 32.4 Å². The third kappa shape index (κ3) is 4.39. The molecule has 0 radical (unpaired) electrons. The number of aromatic amines is 1. The molecule has 2 aromatic rings. The average molecular weight is 365 g/mol. The fourth-order valence-corrected chi connectivity index (χ4v) is 3.69. The molecule has 0 fully saturated rings. The van der Waals surface area contributed by atoms with Crippen LogP contribution in [0.5, 0.6) is 0 Å². The standard InChI is InChI=1S/C17H21ClN4OS/c1-4-22(5-2)16(19)12-7-6-8-14(18)13(12)10-24-17-20-11(3)9-15(23)21-17/h6-9,19H,4-5,10H2,1-3H3,(H,20,21,23). The van der Waals surface area contributed by atoms with Crippen LogP contribution in [0.15, 0.2) is 34.2 Å². The van der Waals surface area contributed by atoms with Crippen molar-refractivity contribution in [2.45, 2.75) is 31.7 Å². The Kier molecular flexibility index (Phi) is 6.45. The summed E-state index contributed by atoms with van der Waals surface area (Å²) in [7, 11) is 0. The Morgan fingerprint density at radius 1 is 1.38 bits per heavy atom. The molecule has 0 aliphatic carbocycles. The van der Waals surface area contributed by atoms with Gasteiger partial charge >= 0.3 is 0 Å². The summed E-state index contributed by atoms with van der Waals surface area (Å²) in [5, 5.41) is 9.63. The van der Waals surface area contributed by atoms with Crippen LogP contribution in [0.1, 0.15) is 30.7 Å². The molecule has 5 nitrogen and oxygen atoms in total. The van der Waals surface area contributed by atoms with Crippen molar-refractivity contribution in [3.63, 3.8) is 0 Å². The predicted octanol–water partition coefficient (Wildman–Crippen LogP) is 3.69. The zero-order chi connectivity index (χ0) is 17.7. The van der Waals surface area contributed by atoms with Gasteiger partial charge in [-0.15, -0.1) is 0 Å². The first-order valence-electron chi connectivity index (χ1n) is 7.78. The summed E-state index contributed by atoms with van der Waals surface area (Å²) in [6.45, 7) is 7.37. The summed E-state index contributed by atoms with van der Waals surface area (Å²) in [5.41, 5.74) is 2.20. The number of aromatic nitrogens is 2. The maximum Gasteiger partial charge on any atom is 0.251 e. The molecule has 0 unspecified atom stereocenters. The first-order chi connectivity index (χ1) is 11.5. The van der Waals surface area contributed by atoms with E-state index in [1.54, 1.807) is 6.92 Å². The molecule has 0 atom stereocenters. The van der Waals surface area contributed by atoms with Gasteiger partial charge in [0.15, 0.2) is 5.16 Å². The predicted molar refractivity (Wildman–Crippen MR) is 100 cm³/mol. The van der Waals surface area contributed by atoms with Crippen LogP contribution in [0.25, 0.3) is 0 Å². The molecule has 1 aromatic heterocycles. The van der Waals surface area contributed by atoms with Crippen molar-refractivity contribution >= 4 is 29.2 Å². The molecule has 0 spiro atoms. The Balaban J connectivity index is 2.29. The van der Waals surface area contributed by atoms with Crippen LogP contribution in [-0.2, 0) is 5.75 Å². The number of benzene rings is 1. The van der Waals surface area contributed by atoms with Gasteiger partial charge in [-0.2, -0.15) is 0 Å². The second kappa shape index (κ2) is 8.35. The minimum Gasteiger partial charge on any atom is -0.357 e. The maximum absolute atomic E-state index is 11.6. The molecular weight excluding hydrogens is 344 g/mol. The zero-order valence-corrected chi connectivity index (χ0v) is 15.6. The van der Waals surface area contributed by atoms with Crippen molar-refractivity contribution in [1.29, 1.82) is 5.41 Å². The van der Waals surface area contributed by atoms with E-state index in [0.29, 0.717) is 27.5 Å². The monoisotopic (exact) mass is 364 g/mol. The Morgan fingerprint density at radius 2 is 2.08 bits per heavy atom. The summed E-state index contributed by atoms with van der Waals surface area (Å²) >= 11 is 7.78. The number of aryl methyl sites for hydroxylation is 1. The summed E-state index contributed by atoms with van der Waals surface area (Å²) < 4.78 is 0. The summed E-state index contributed by atoms with van der Waals surface area (Å²) in [6, 6.07) is 7.05. The van der Waals surface area contributed by atoms with Crippen LogP contribution in [-0.4, -0.2) is 33.8 Å². The van der Waals surface area contributed by atoms with E-state index in [1.165, 1.54) is 17.8 Å². The fourth-order valence-electron chi connectivity index (χ4n) is 2.40. The Labute approximate surface area is 151 Å². The zero-order valence-electron chi connectivity index (χ0n) is 14.0. The van der Waals surface area contributed by atoms with E-state index in [9.17, 15) is 4.79 Å². The van der Waals surface area contributed by atoms with Gasteiger partial charge < -0.3 is 9.88 Å². The van der Waals surface area contributed by atoms with E-state index >= 15 is 0 Å². The molecule has 2 rings (SSSR count). The minimum absolute atomic E-state index is 0.166. The molecule has 0 aliphatic heterocycles. The van der Waals surface area contributed by atoms with Crippen LogP contribution in [0.3, 0.4) is 0 Å². The number of thioether (sulfide) groups is 1. The number of H-pyrrole nitrogens is 1. The normalized spacial score (nSPS) is 10.7. The van der Waals surface area contributed by atoms with Crippen LogP contribution >= 0.6 is 23.4 Å². The molecule has 1 heterocycles. The highest BCUT2D eigenvalue weighted by atomic mass is 35.5.